The number of benzene rings is 8. The first kappa shape index (κ1) is 30.7. The van der Waals surface area contributed by atoms with Gasteiger partial charge in [-0.2, -0.15) is 0 Å². The van der Waals surface area contributed by atoms with Crippen LogP contribution in [0, 0.1) is 0 Å². The van der Waals surface area contributed by atoms with Gasteiger partial charge in [0.15, 0.2) is 0 Å². The van der Waals surface area contributed by atoms with E-state index in [2.05, 4.69) is 36.4 Å². The predicted octanol–water partition coefficient (Wildman–Crippen LogP) is 10.5. The van der Waals surface area contributed by atoms with E-state index in [0.717, 1.165) is 65.3 Å². The molecule has 0 aliphatic rings. The van der Waals surface area contributed by atoms with Crippen LogP contribution in [0.5, 0.6) is 11.5 Å². The first-order valence-electron chi connectivity index (χ1n) is 16.2. The zero-order valence-electron chi connectivity index (χ0n) is 26.8. The number of ether oxygens (including phenoxy) is 2. The summed E-state index contributed by atoms with van der Waals surface area (Å²) in [5, 5.41) is 26.7. The molecule has 0 aromatic heterocycles. The van der Waals surface area contributed by atoms with Crippen LogP contribution < -0.4 is 9.47 Å². The molecular weight excluding hydrogens is 624 g/mol. The standard InChI is InChI=1S/C44H30O6/c45-43(46)33-15-13-29-11-9-27(21-35(29)23-33)25-49-39-19-17-31-5-1-3-7-37(31)41(39)42-38-8-4-2-6-32(38)18-20-40(42)50-26-28-10-12-30-14-16-34(44(47)48)24-36(30)22-28/h1-24H,25-26H2,(H,45,46)(H,47,48). The van der Waals surface area contributed by atoms with Crippen molar-refractivity contribution in [3.8, 4) is 22.6 Å². The molecule has 0 aliphatic heterocycles. The van der Waals surface area contributed by atoms with E-state index in [-0.39, 0.29) is 24.3 Å². The summed E-state index contributed by atoms with van der Waals surface area (Å²) in [6.45, 7) is 0.546. The van der Waals surface area contributed by atoms with Gasteiger partial charge in [0.2, 0.25) is 0 Å². The summed E-state index contributed by atoms with van der Waals surface area (Å²) in [7, 11) is 0. The van der Waals surface area contributed by atoms with Crippen LogP contribution >= 0.6 is 0 Å². The van der Waals surface area contributed by atoms with Crippen molar-refractivity contribution in [1.82, 2.24) is 0 Å². The van der Waals surface area contributed by atoms with Gasteiger partial charge in [-0.3, -0.25) is 0 Å². The van der Waals surface area contributed by atoms with Gasteiger partial charge in [-0.25, -0.2) is 9.59 Å². The van der Waals surface area contributed by atoms with Crippen molar-refractivity contribution in [3.63, 3.8) is 0 Å². The number of carboxylic acid groups (broad SMARTS) is 2. The third-order valence-electron chi connectivity index (χ3n) is 9.12. The molecule has 8 aromatic carbocycles. The van der Waals surface area contributed by atoms with Gasteiger partial charge in [0.05, 0.1) is 11.1 Å². The molecule has 8 rings (SSSR count). The van der Waals surface area contributed by atoms with Gasteiger partial charge < -0.3 is 19.7 Å². The molecular formula is C44H30O6. The zero-order valence-corrected chi connectivity index (χ0v) is 26.8. The minimum atomic E-state index is -0.963. The number of hydrogen-bond acceptors (Lipinski definition) is 4. The van der Waals surface area contributed by atoms with Gasteiger partial charge in [0, 0.05) is 11.1 Å². The first-order valence-corrected chi connectivity index (χ1v) is 16.2. The second kappa shape index (κ2) is 12.7. The highest BCUT2D eigenvalue weighted by atomic mass is 16.5. The highest BCUT2D eigenvalue weighted by molar-refractivity contribution is 6.10. The molecule has 242 valence electrons. The van der Waals surface area contributed by atoms with Crippen LogP contribution in [0.1, 0.15) is 31.8 Å². The molecule has 0 fully saturated rings. The Labute approximate surface area is 287 Å². The SMILES string of the molecule is O=C(O)c1ccc2ccc(COc3ccc4ccccc4c3-c3c(OCc4ccc5ccc(C(=O)O)cc5c4)ccc4ccccc34)cc2c1. The normalized spacial score (nSPS) is 11.3. The third kappa shape index (κ3) is 5.84. The number of carbonyl (C=O) groups is 2. The van der Waals surface area contributed by atoms with Gasteiger partial charge in [-0.15, -0.1) is 0 Å². The molecule has 0 amide bonds. The number of carboxylic acids is 2. The molecule has 0 bridgehead atoms. The van der Waals surface area contributed by atoms with E-state index in [1.807, 2.05) is 84.9 Å². The summed E-state index contributed by atoms with van der Waals surface area (Å²) in [5.74, 6) is -0.543. The maximum atomic E-state index is 11.6. The summed E-state index contributed by atoms with van der Waals surface area (Å²) in [5.41, 5.74) is 4.13. The van der Waals surface area contributed by atoms with Crippen LogP contribution in [0.4, 0.5) is 0 Å². The largest absolute Gasteiger partial charge is 0.488 e. The first-order chi connectivity index (χ1) is 24.4. The average Bonchev–Trinajstić information content (AvgIpc) is 3.15. The number of aromatic carboxylic acids is 2. The topological polar surface area (TPSA) is 93.1 Å². The minimum absolute atomic E-state index is 0.240. The second-order valence-corrected chi connectivity index (χ2v) is 12.3. The summed E-state index contributed by atoms with van der Waals surface area (Å²) in [6, 6.07) is 46.6. The molecule has 6 nitrogen and oxygen atoms in total. The monoisotopic (exact) mass is 654 g/mol. The number of rotatable bonds is 9. The Morgan fingerprint density at radius 1 is 0.420 bits per heavy atom. The van der Waals surface area contributed by atoms with Crippen molar-refractivity contribution in [2.24, 2.45) is 0 Å². The van der Waals surface area contributed by atoms with E-state index in [9.17, 15) is 19.8 Å². The summed E-state index contributed by atoms with van der Waals surface area (Å²) >= 11 is 0. The van der Waals surface area contributed by atoms with Crippen LogP contribution in [0.3, 0.4) is 0 Å². The zero-order chi connectivity index (χ0) is 34.2. The lowest BCUT2D eigenvalue weighted by Gasteiger charge is -2.20. The van der Waals surface area contributed by atoms with Crippen molar-refractivity contribution in [2.75, 3.05) is 0 Å². The van der Waals surface area contributed by atoms with E-state index in [1.165, 1.54) is 0 Å². The average molecular weight is 655 g/mol. The Kier molecular flexibility index (Phi) is 7.82. The molecule has 0 spiro atoms. The van der Waals surface area contributed by atoms with Crippen molar-refractivity contribution in [1.29, 1.82) is 0 Å². The lowest BCUT2D eigenvalue weighted by molar-refractivity contribution is 0.0686. The second-order valence-electron chi connectivity index (χ2n) is 12.3. The van der Waals surface area contributed by atoms with E-state index in [1.54, 1.807) is 24.3 Å². The van der Waals surface area contributed by atoms with Crippen LogP contribution in [-0.4, -0.2) is 22.2 Å². The summed E-state index contributed by atoms with van der Waals surface area (Å²) in [6.07, 6.45) is 0. The van der Waals surface area contributed by atoms with E-state index < -0.39 is 11.9 Å². The molecule has 0 atom stereocenters. The number of fused-ring (bicyclic) bond motifs is 4. The number of hydrogen-bond donors (Lipinski definition) is 2. The van der Waals surface area contributed by atoms with Crippen LogP contribution in [0.2, 0.25) is 0 Å². The van der Waals surface area contributed by atoms with E-state index >= 15 is 0 Å². The van der Waals surface area contributed by atoms with Crippen LogP contribution in [-0.2, 0) is 13.2 Å². The maximum absolute atomic E-state index is 11.6. The Hall–Kier alpha value is -6.66. The lowest BCUT2D eigenvalue weighted by Crippen LogP contribution is -2.01. The van der Waals surface area contributed by atoms with Gasteiger partial charge in [-0.1, -0.05) is 97.1 Å². The smallest absolute Gasteiger partial charge is 0.335 e. The van der Waals surface area contributed by atoms with Crippen LogP contribution in [0.15, 0.2) is 146 Å². The van der Waals surface area contributed by atoms with E-state index in [0.29, 0.717) is 11.5 Å². The Morgan fingerprint density at radius 3 is 1.26 bits per heavy atom. The highest BCUT2D eigenvalue weighted by Crippen LogP contribution is 2.46. The predicted molar refractivity (Wildman–Crippen MR) is 197 cm³/mol. The Balaban J connectivity index is 1.21. The fraction of sp³-hybridized carbons (Fsp3) is 0.0455. The van der Waals surface area contributed by atoms with Gasteiger partial charge >= 0.3 is 11.9 Å². The molecule has 0 heterocycles. The highest BCUT2D eigenvalue weighted by Gasteiger charge is 2.20. The Morgan fingerprint density at radius 2 is 0.820 bits per heavy atom. The molecule has 6 heteroatoms. The van der Waals surface area contributed by atoms with Crippen molar-refractivity contribution < 1.29 is 29.3 Å². The third-order valence-corrected chi connectivity index (χ3v) is 9.12. The molecule has 8 aromatic rings. The van der Waals surface area contributed by atoms with Crippen LogP contribution in [0.25, 0.3) is 54.2 Å². The summed E-state index contributed by atoms with van der Waals surface area (Å²) < 4.78 is 13.3. The van der Waals surface area contributed by atoms with Crippen molar-refractivity contribution >= 4 is 55.0 Å². The fourth-order valence-corrected chi connectivity index (χ4v) is 6.62. The van der Waals surface area contributed by atoms with Gasteiger partial charge in [0.25, 0.3) is 0 Å². The van der Waals surface area contributed by atoms with Crippen molar-refractivity contribution in [2.45, 2.75) is 13.2 Å². The molecule has 0 aliphatic carbocycles. The molecule has 0 saturated carbocycles. The molecule has 0 saturated heterocycles. The Bertz CT molecular complexity index is 2440. The minimum Gasteiger partial charge on any atom is -0.488 e. The quantitative estimate of drug-likeness (QED) is 0.161. The molecule has 50 heavy (non-hydrogen) atoms. The molecule has 0 unspecified atom stereocenters. The lowest BCUT2D eigenvalue weighted by atomic mass is 9.92. The molecule has 2 N–H and O–H groups in total. The molecule has 0 radical (unpaired) electrons. The maximum Gasteiger partial charge on any atom is 0.335 e. The fourth-order valence-electron chi connectivity index (χ4n) is 6.62. The van der Waals surface area contributed by atoms with Gasteiger partial charge in [-0.05, 0) is 103 Å². The summed E-state index contributed by atoms with van der Waals surface area (Å²) in [4.78, 5) is 23.2. The van der Waals surface area contributed by atoms with Gasteiger partial charge in [0.1, 0.15) is 24.7 Å². The van der Waals surface area contributed by atoms with E-state index in [4.69, 9.17) is 9.47 Å². The van der Waals surface area contributed by atoms with Crippen molar-refractivity contribution in [3.05, 3.63) is 168 Å².